The van der Waals surface area contributed by atoms with Crippen LogP contribution in [-0.4, -0.2) is 48.3 Å². The molecular formula is C13H23N3O5. The molecule has 120 valence electrons. The Kier molecular flexibility index (Phi) is 6.93. The number of aliphatic carboxylic acids is 1. The van der Waals surface area contributed by atoms with Gasteiger partial charge in [-0.15, -0.1) is 0 Å². The van der Waals surface area contributed by atoms with Gasteiger partial charge in [-0.3, -0.25) is 4.79 Å². The van der Waals surface area contributed by atoms with Gasteiger partial charge in [0.05, 0.1) is 0 Å². The molecule has 0 aromatic carbocycles. The smallest absolute Gasteiger partial charge is 0.326 e. The summed E-state index contributed by atoms with van der Waals surface area (Å²) in [6.45, 7) is 3.23. The highest BCUT2D eigenvalue weighted by Gasteiger charge is 2.24. The van der Waals surface area contributed by atoms with Crippen molar-refractivity contribution in [3.63, 3.8) is 0 Å². The topological polar surface area (TPSA) is 131 Å². The molecule has 5 N–H and O–H groups in total. The molecule has 0 aliphatic carbocycles. The number of nitrogens with two attached hydrogens (primary N) is 1. The summed E-state index contributed by atoms with van der Waals surface area (Å²) in [6, 6.07) is -1.75. The van der Waals surface area contributed by atoms with E-state index in [1.165, 1.54) is 0 Å². The first-order valence-corrected chi connectivity index (χ1v) is 7.06. The van der Waals surface area contributed by atoms with Gasteiger partial charge in [-0.2, -0.15) is 0 Å². The summed E-state index contributed by atoms with van der Waals surface area (Å²) in [5.74, 6) is -1.47. The van der Waals surface area contributed by atoms with Crippen molar-refractivity contribution in [2.24, 2.45) is 11.7 Å². The molecule has 0 bridgehead atoms. The molecule has 1 aliphatic heterocycles. The Morgan fingerprint density at radius 3 is 2.43 bits per heavy atom. The minimum absolute atomic E-state index is 0.0241. The van der Waals surface area contributed by atoms with E-state index in [9.17, 15) is 14.4 Å². The predicted octanol–water partition coefficient (Wildman–Crippen LogP) is -0.181. The van der Waals surface area contributed by atoms with Crippen molar-refractivity contribution in [3.8, 4) is 0 Å². The first-order chi connectivity index (χ1) is 9.90. The Morgan fingerprint density at radius 2 is 1.90 bits per heavy atom. The van der Waals surface area contributed by atoms with Gasteiger partial charge in [0.25, 0.3) is 0 Å². The molecule has 8 nitrogen and oxygen atoms in total. The molecule has 1 heterocycles. The van der Waals surface area contributed by atoms with Gasteiger partial charge < -0.3 is 26.2 Å². The van der Waals surface area contributed by atoms with Crippen molar-refractivity contribution >= 4 is 17.9 Å². The van der Waals surface area contributed by atoms with Crippen molar-refractivity contribution in [2.45, 2.75) is 44.7 Å². The Balaban J connectivity index is 2.41. The van der Waals surface area contributed by atoms with Gasteiger partial charge in [0.15, 0.2) is 0 Å². The number of nitrogens with one attached hydrogen (secondary N) is 2. The van der Waals surface area contributed by atoms with E-state index in [0.717, 1.165) is 12.8 Å². The van der Waals surface area contributed by atoms with Gasteiger partial charge in [-0.05, 0) is 32.1 Å². The van der Waals surface area contributed by atoms with Crippen LogP contribution in [0.25, 0.3) is 0 Å². The SMILES string of the molecule is CC(NC(=O)N[C@H](CCC(N)=O)C(=O)O)C1CCOCC1. The number of carbonyl (C=O) groups excluding carboxylic acids is 2. The fourth-order valence-corrected chi connectivity index (χ4v) is 2.28. The molecule has 21 heavy (non-hydrogen) atoms. The quantitative estimate of drug-likeness (QED) is 0.518. The molecule has 0 spiro atoms. The first-order valence-electron chi connectivity index (χ1n) is 7.06. The maximum absolute atomic E-state index is 11.8. The summed E-state index contributed by atoms with van der Waals surface area (Å²) in [4.78, 5) is 33.5. The van der Waals surface area contributed by atoms with Crippen molar-refractivity contribution in [1.29, 1.82) is 0 Å². The van der Waals surface area contributed by atoms with Crippen LogP contribution in [0.1, 0.15) is 32.6 Å². The van der Waals surface area contributed by atoms with Crippen LogP contribution in [0, 0.1) is 5.92 Å². The normalized spacial score (nSPS) is 18.5. The molecule has 0 aromatic rings. The van der Waals surface area contributed by atoms with Gasteiger partial charge in [0.2, 0.25) is 5.91 Å². The van der Waals surface area contributed by atoms with E-state index in [0.29, 0.717) is 19.1 Å². The van der Waals surface area contributed by atoms with Gasteiger partial charge in [0, 0.05) is 25.7 Å². The fraction of sp³-hybridized carbons (Fsp3) is 0.769. The molecule has 1 rings (SSSR count). The largest absolute Gasteiger partial charge is 0.480 e. The molecule has 0 aromatic heterocycles. The van der Waals surface area contributed by atoms with Crippen LogP contribution in [0.3, 0.4) is 0 Å². The van der Waals surface area contributed by atoms with Gasteiger partial charge in [-0.25, -0.2) is 9.59 Å². The van der Waals surface area contributed by atoms with Gasteiger partial charge >= 0.3 is 12.0 Å². The lowest BCUT2D eigenvalue weighted by atomic mass is 9.93. The van der Waals surface area contributed by atoms with Crippen molar-refractivity contribution in [2.75, 3.05) is 13.2 Å². The lowest BCUT2D eigenvalue weighted by molar-refractivity contribution is -0.139. The zero-order chi connectivity index (χ0) is 15.8. The number of urea groups is 1. The predicted molar refractivity (Wildman–Crippen MR) is 74.5 cm³/mol. The Hall–Kier alpha value is -1.83. The minimum atomic E-state index is -1.19. The standard InChI is InChI=1S/C13H23N3O5/c1-8(9-4-6-21-7-5-9)15-13(20)16-10(12(18)19)2-3-11(14)17/h8-10H,2-7H2,1H3,(H2,14,17)(H,18,19)(H2,15,16,20)/t8?,10-/m1/s1. The molecule has 2 atom stereocenters. The fourth-order valence-electron chi connectivity index (χ4n) is 2.28. The third-order valence-electron chi connectivity index (χ3n) is 3.61. The van der Waals surface area contributed by atoms with Crippen molar-refractivity contribution < 1.29 is 24.2 Å². The van der Waals surface area contributed by atoms with Crippen LogP contribution in [0.5, 0.6) is 0 Å². The highest BCUT2D eigenvalue weighted by atomic mass is 16.5. The molecule has 8 heteroatoms. The Morgan fingerprint density at radius 1 is 1.29 bits per heavy atom. The maximum Gasteiger partial charge on any atom is 0.326 e. The molecule has 3 amide bonds. The maximum atomic E-state index is 11.8. The van der Waals surface area contributed by atoms with Crippen LogP contribution in [0.15, 0.2) is 0 Å². The van der Waals surface area contributed by atoms with Gasteiger partial charge in [0.1, 0.15) is 6.04 Å². The number of amides is 3. The van der Waals surface area contributed by atoms with E-state index in [-0.39, 0.29) is 18.9 Å². The number of carboxylic acids is 1. The van der Waals surface area contributed by atoms with E-state index in [2.05, 4.69) is 10.6 Å². The summed E-state index contributed by atoms with van der Waals surface area (Å²) in [7, 11) is 0. The third-order valence-corrected chi connectivity index (χ3v) is 3.61. The lowest BCUT2D eigenvalue weighted by Crippen LogP contribution is -2.50. The van der Waals surface area contributed by atoms with Crippen LogP contribution in [0.4, 0.5) is 4.79 Å². The van der Waals surface area contributed by atoms with Gasteiger partial charge in [-0.1, -0.05) is 0 Å². The number of carboxylic acid groups (broad SMARTS) is 1. The van der Waals surface area contributed by atoms with Crippen LogP contribution in [0.2, 0.25) is 0 Å². The summed E-state index contributed by atoms with van der Waals surface area (Å²) in [5.41, 5.74) is 4.98. The van der Waals surface area contributed by atoms with Crippen LogP contribution < -0.4 is 16.4 Å². The average Bonchev–Trinajstić information content (AvgIpc) is 2.43. The molecule has 1 fully saturated rings. The van der Waals surface area contributed by atoms with Crippen LogP contribution >= 0.6 is 0 Å². The minimum Gasteiger partial charge on any atom is -0.480 e. The number of hydrogen-bond acceptors (Lipinski definition) is 4. The molecule has 0 saturated carbocycles. The summed E-state index contributed by atoms with van der Waals surface area (Å²) in [6.07, 6.45) is 1.62. The van der Waals surface area contributed by atoms with E-state index in [1.807, 2.05) is 6.92 Å². The summed E-state index contributed by atoms with van der Waals surface area (Å²) in [5, 5.41) is 14.1. The van der Waals surface area contributed by atoms with Crippen molar-refractivity contribution in [3.05, 3.63) is 0 Å². The number of rotatable bonds is 7. The zero-order valence-electron chi connectivity index (χ0n) is 12.1. The zero-order valence-corrected chi connectivity index (χ0v) is 12.1. The monoisotopic (exact) mass is 301 g/mol. The number of hydrogen-bond donors (Lipinski definition) is 4. The van der Waals surface area contributed by atoms with E-state index in [4.69, 9.17) is 15.6 Å². The second-order valence-corrected chi connectivity index (χ2v) is 5.25. The Labute approximate surface area is 123 Å². The second kappa shape index (κ2) is 8.46. The lowest BCUT2D eigenvalue weighted by Gasteiger charge is -2.28. The number of primary amides is 1. The average molecular weight is 301 g/mol. The molecular weight excluding hydrogens is 278 g/mol. The molecule has 1 aliphatic rings. The Bertz CT molecular complexity index is 382. The molecule has 1 unspecified atom stereocenters. The number of carbonyl (C=O) groups is 3. The van der Waals surface area contributed by atoms with E-state index in [1.54, 1.807) is 0 Å². The molecule has 1 saturated heterocycles. The highest BCUT2D eigenvalue weighted by molar-refractivity contribution is 5.83. The summed E-state index contributed by atoms with van der Waals surface area (Å²) < 4.78 is 5.26. The molecule has 0 radical (unpaired) electrons. The van der Waals surface area contributed by atoms with E-state index >= 15 is 0 Å². The van der Waals surface area contributed by atoms with E-state index < -0.39 is 23.9 Å². The third kappa shape index (κ3) is 6.44. The first kappa shape index (κ1) is 17.2. The van der Waals surface area contributed by atoms with Crippen molar-refractivity contribution in [1.82, 2.24) is 10.6 Å². The highest BCUT2D eigenvalue weighted by Crippen LogP contribution is 2.18. The summed E-state index contributed by atoms with van der Waals surface area (Å²) >= 11 is 0. The second-order valence-electron chi connectivity index (χ2n) is 5.25. The van der Waals surface area contributed by atoms with Crippen LogP contribution in [-0.2, 0) is 14.3 Å². The number of ether oxygens (including phenoxy) is 1.